The molecule has 0 N–H and O–H groups in total. The van der Waals surface area contributed by atoms with E-state index in [0.29, 0.717) is 18.8 Å². The van der Waals surface area contributed by atoms with Crippen molar-refractivity contribution in [1.29, 1.82) is 0 Å². The molecule has 2 aliphatic rings. The van der Waals surface area contributed by atoms with E-state index in [2.05, 4.69) is 14.7 Å². The summed E-state index contributed by atoms with van der Waals surface area (Å²) in [6.45, 7) is 7.51. The zero-order chi connectivity index (χ0) is 17.4. The number of furan rings is 1. The number of fused-ring (bicyclic) bond motifs is 1. The van der Waals surface area contributed by atoms with E-state index < -0.39 is 0 Å². The van der Waals surface area contributed by atoms with Gasteiger partial charge in [0.05, 0.1) is 13.2 Å². The van der Waals surface area contributed by atoms with Crippen LogP contribution < -0.4 is 0 Å². The minimum atomic E-state index is -0.302. The molecule has 0 atom stereocenters. The minimum absolute atomic E-state index is 0.302. The van der Waals surface area contributed by atoms with Gasteiger partial charge in [0.1, 0.15) is 11.5 Å². The Hall–Kier alpha value is -2.08. The molecule has 25 heavy (non-hydrogen) atoms. The van der Waals surface area contributed by atoms with Gasteiger partial charge in [0.25, 0.3) is 0 Å². The Morgan fingerprint density at radius 2 is 2.24 bits per heavy atom. The van der Waals surface area contributed by atoms with E-state index in [1.54, 1.807) is 0 Å². The van der Waals surface area contributed by atoms with E-state index in [1.807, 2.05) is 26.0 Å². The highest BCUT2D eigenvalue weighted by molar-refractivity contribution is 5.89. The number of carbonyl (C=O) groups is 1. The molecule has 3 heterocycles. The lowest BCUT2D eigenvalue weighted by Crippen LogP contribution is -2.31. The van der Waals surface area contributed by atoms with Gasteiger partial charge in [-0.25, -0.2) is 4.79 Å². The number of rotatable bonds is 6. The Morgan fingerprint density at radius 3 is 2.92 bits per heavy atom. The summed E-state index contributed by atoms with van der Waals surface area (Å²) in [5.41, 5.74) is 2.74. The lowest BCUT2D eigenvalue weighted by atomic mass is 10.0. The Kier molecular flexibility index (Phi) is 4.37. The highest BCUT2D eigenvalue weighted by Gasteiger charge is 2.31. The first kappa shape index (κ1) is 16.4. The maximum atomic E-state index is 12.4. The first-order valence-corrected chi connectivity index (χ1v) is 9.17. The molecule has 6 nitrogen and oxygen atoms in total. The summed E-state index contributed by atoms with van der Waals surface area (Å²) in [4.78, 5) is 14.7. The van der Waals surface area contributed by atoms with Crippen LogP contribution in [0.1, 0.15) is 53.0 Å². The molecule has 134 valence electrons. The Bertz CT molecular complexity index is 773. The molecule has 0 bridgehead atoms. The van der Waals surface area contributed by atoms with Crippen LogP contribution in [-0.2, 0) is 30.8 Å². The summed E-state index contributed by atoms with van der Waals surface area (Å²) in [5, 5.41) is 4.63. The first-order valence-electron chi connectivity index (χ1n) is 9.17. The van der Waals surface area contributed by atoms with Crippen LogP contribution in [0.4, 0.5) is 0 Å². The van der Waals surface area contributed by atoms with E-state index in [9.17, 15) is 4.79 Å². The van der Waals surface area contributed by atoms with Crippen molar-refractivity contribution in [1.82, 2.24) is 14.7 Å². The molecular weight excluding hydrogens is 318 g/mol. The summed E-state index contributed by atoms with van der Waals surface area (Å²) in [7, 11) is 0. The Balaban J connectivity index is 1.57. The third-order valence-corrected chi connectivity index (χ3v) is 4.99. The third-order valence-electron chi connectivity index (χ3n) is 4.99. The van der Waals surface area contributed by atoms with Crippen molar-refractivity contribution < 1.29 is 13.9 Å². The SMILES string of the molecule is CCOC(=O)c1nn(CC2CC2)c2c1CN(Cc1ccc(C)o1)CC2. The Labute approximate surface area is 147 Å². The van der Waals surface area contributed by atoms with Crippen molar-refractivity contribution in [3.05, 3.63) is 40.6 Å². The molecule has 1 aliphatic heterocycles. The molecule has 0 spiro atoms. The average molecular weight is 343 g/mol. The minimum Gasteiger partial charge on any atom is -0.465 e. The van der Waals surface area contributed by atoms with Gasteiger partial charge >= 0.3 is 5.97 Å². The largest absolute Gasteiger partial charge is 0.465 e. The smallest absolute Gasteiger partial charge is 0.359 e. The fourth-order valence-electron chi connectivity index (χ4n) is 3.53. The summed E-state index contributed by atoms with van der Waals surface area (Å²) >= 11 is 0. The van der Waals surface area contributed by atoms with Crippen molar-refractivity contribution in [3.63, 3.8) is 0 Å². The standard InChI is InChI=1S/C19H25N3O3/c1-3-24-19(23)18-16-12-21(11-15-7-4-13(2)25-15)9-8-17(16)22(20-18)10-14-5-6-14/h4,7,14H,3,5-6,8-12H2,1-2H3. The molecule has 0 amide bonds. The van der Waals surface area contributed by atoms with Crippen molar-refractivity contribution in [3.8, 4) is 0 Å². The number of aryl methyl sites for hydroxylation is 1. The van der Waals surface area contributed by atoms with Gasteiger partial charge < -0.3 is 9.15 Å². The highest BCUT2D eigenvalue weighted by atomic mass is 16.5. The predicted octanol–water partition coefficient (Wildman–Crippen LogP) is 2.93. The van der Waals surface area contributed by atoms with Gasteiger partial charge in [0.2, 0.25) is 0 Å². The summed E-state index contributed by atoms with van der Waals surface area (Å²) in [6.07, 6.45) is 3.45. The second-order valence-corrected chi connectivity index (χ2v) is 7.09. The van der Waals surface area contributed by atoms with Crippen LogP contribution in [0.3, 0.4) is 0 Å². The zero-order valence-corrected chi connectivity index (χ0v) is 15.0. The zero-order valence-electron chi connectivity index (χ0n) is 15.0. The van der Waals surface area contributed by atoms with Crippen LogP contribution in [-0.4, -0.2) is 33.8 Å². The van der Waals surface area contributed by atoms with Crippen molar-refractivity contribution in [2.75, 3.05) is 13.2 Å². The van der Waals surface area contributed by atoms with Gasteiger partial charge in [-0.1, -0.05) is 0 Å². The second-order valence-electron chi connectivity index (χ2n) is 7.09. The third kappa shape index (κ3) is 3.49. The molecule has 0 aromatic carbocycles. The lowest BCUT2D eigenvalue weighted by Gasteiger charge is -2.26. The fraction of sp³-hybridized carbons (Fsp3) is 0.579. The van der Waals surface area contributed by atoms with Crippen molar-refractivity contribution in [2.24, 2.45) is 5.92 Å². The summed E-state index contributed by atoms with van der Waals surface area (Å²) in [5.74, 6) is 2.31. The number of nitrogens with zero attached hydrogens (tertiary/aromatic N) is 3. The van der Waals surface area contributed by atoms with E-state index in [0.717, 1.165) is 49.1 Å². The van der Waals surface area contributed by atoms with Gasteiger partial charge in [0.15, 0.2) is 5.69 Å². The molecule has 0 radical (unpaired) electrons. The molecule has 0 unspecified atom stereocenters. The average Bonchev–Trinajstić information content (AvgIpc) is 3.21. The maximum absolute atomic E-state index is 12.4. The molecule has 1 fully saturated rings. The molecular formula is C19H25N3O3. The quantitative estimate of drug-likeness (QED) is 0.755. The van der Waals surface area contributed by atoms with E-state index >= 15 is 0 Å². The van der Waals surface area contributed by atoms with Crippen LogP contribution in [0.5, 0.6) is 0 Å². The lowest BCUT2D eigenvalue weighted by molar-refractivity contribution is 0.0515. The van der Waals surface area contributed by atoms with Crippen LogP contribution in [0.2, 0.25) is 0 Å². The number of hydrogen-bond acceptors (Lipinski definition) is 5. The number of ether oxygens (including phenoxy) is 1. The topological polar surface area (TPSA) is 60.5 Å². The van der Waals surface area contributed by atoms with Crippen molar-refractivity contribution >= 4 is 5.97 Å². The van der Waals surface area contributed by atoms with Crippen LogP contribution in [0, 0.1) is 12.8 Å². The summed E-state index contributed by atoms with van der Waals surface area (Å²) < 4.78 is 13.0. The van der Waals surface area contributed by atoms with Gasteiger partial charge in [0, 0.05) is 37.3 Å². The van der Waals surface area contributed by atoms with Gasteiger partial charge in [-0.3, -0.25) is 9.58 Å². The van der Waals surface area contributed by atoms with E-state index in [-0.39, 0.29) is 5.97 Å². The molecule has 6 heteroatoms. The highest BCUT2D eigenvalue weighted by Crippen LogP contribution is 2.33. The maximum Gasteiger partial charge on any atom is 0.359 e. The van der Waals surface area contributed by atoms with Crippen LogP contribution in [0.15, 0.2) is 16.5 Å². The number of esters is 1. The van der Waals surface area contributed by atoms with Crippen molar-refractivity contribution in [2.45, 2.75) is 52.7 Å². The molecule has 1 aliphatic carbocycles. The van der Waals surface area contributed by atoms with Gasteiger partial charge in [-0.05, 0) is 44.7 Å². The van der Waals surface area contributed by atoms with E-state index in [1.165, 1.54) is 18.5 Å². The summed E-state index contributed by atoms with van der Waals surface area (Å²) in [6, 6.07) is 4.01. The molecule has 2 aromatic rings. The molecule has 4 rings (SSSR count). The molecule has 0 saturated heterocycles. The van der Waals surface area contributed by atoms with Gasteiger partial charge in [-0.15, -0.1) is 0 Å². The predicted molar refractivity (Wildman–Crippen MR) is 92.2 cm³/mol. The van der Waals surface area contributed by atoms with Crippen LogP contribution >= 0.6 is 0 Å². The normalized spacial score (nSPS) is 17.5. The molecule has 2 aromatic heterocycles. The number of carbonyl (C=O) groups excluding carboxylic acids is 1. The molecule has 1 saturated carbocycles. The van der Waals surface area contributed by atoms with Gasteiger partial charge in [-0.2, -0.15) is 5.10 Å². The first-order chi connectivity index (χ1) is 12.1. The monoisotopic (exact) mass is 343 g/mol. The second kappa shape index (κ2) is 6.67. The fourth-order valence-corrected chi connectivity index (χ4v) is 3.53. The number of hydrogen-bond donors (Lipinski definition) is 0. The van der Waals surface area contributed by atoms with Crippen LogP contribution in [0.25, 0.3) is 0 Å². The Morgan fingerprint density at radius 1 is 1.40 bits per heavy atom. The van der Waals surface area contributed by atoms with E-state index in [4.69, 9.17) is 9.15 Å². The number of aromatic nitrogens is 2.